The van der Waals surface area contributed by atoms with Crippen LogP contribution in [-0.4, -0.2) is 24.6 Å². The molecule has 0 atom stereocenters. The van der Waals surface area contributed by atoms with E-state index in [-0.39, 0.29) is 18.5 Å². The van der Waals surface area contributed by atoms with Crippen LogP contribution in [0.25, 0.3) is 0 Å². The zero-order valence-electron chi connectivity index (χ0n) is 8.63. The van der Waals surface area contributed by atoms with Crippen LogP contribution in [0.15, 0.2) is 18.2 Å². The third-order valence-electron chi connectivity index (χ3n) is 1.84. The first-order valence-electron chi connectivity index (χ1n) is 4.61. The summed E-state index contributed by atoms with van der Waals surface area (Å²) in [7, 11) is 0. The molecule has 1 rings (SSSR count). The van der Waals surface area contributed by atoms with Gasteiger partial charge in [0.1, 0.15) is 12.6 Å². The molecule has 0 bridgehead atoms. The lowest BCUT2D eigenvalue weighted by molar-refractivity contribution is 0.161. The maximum Gasteiger partial charge on any atom is 0.415 e. The van der Waals surface area contributed by atoms with Crippen molar-refractivity contribution in [2.45, 2.75) is 0 Å². The third-order valence-corrected chi connectivity index (χ3v) is 2.79. The maximum atomic E-state index is 11.7. The highest BCUT2D eigenvalue weighted by Gasteiger charge is 2.19. The smallest absolute Gasteiger partial charge is 0.415 e. The van der Waals surface area contributed by atoms with Crippen molar-refractivity contribution in [3.8, 4) is 0 Å². The van der Waals surface area contributed by atoms with Gasteiger partial charge in [-0.05, 0) is 18.2 Å². The zero-order valence-corrected chi connectivity index (χ0v) is 11.7. The van der Waals surface area contributed by atoms with Crippen molar-refractivity contribution in [2.24, 2.45) is 0 Å². The Labute approximate surface area is 119 Å². The number of anilines is 1. The minimum absolute atomic E-state index is 0.0961. The first kappa shape index (κ1) is 14.7. The zero-order chi connectivity index (χ0) is 12.8. The fraction of sp³-hybridized carbons (Fsp3) is 0.300. The Kier molecular flexibility index (Phi) is 6.20. The van der Waals surface area contributed by atoms with Crippen molar-refractivity contribution < 1.29 is 9.53 Å². The lowest BCUT2D eigenvalue weighted by atomic mass is 10.3. The molecule has 7 heteroatoms. The predicted octanol–water partition coefficient (Wildman–Crippen LogP) is 4.37. The molecule has 0 aliphatic rings. The summed E-state index contributed by atoms with van der Waals surface area (Å²) in [5.41, 5.74) is 0.397. The minimum Gasteiger partial charge on any atom is -0.448 e. The van der Waals surface area contributed by atoms with Gasteiger partial charge < -0.3 is 4.74 Å². The highest BCUT2D eigenvalue weighted by atomic mass is 35.5. The largest absolute Gasteiger partial charge is 0.448 e. The first-order chi connectivity index (χ1) is 8.10. The van der Waals surface area contributed by atoms with Gasteiger partial charge in [0.15, 0.2) is 0 Å². The van der Waals surface area contributed by atoms with Gasteiger partial charge in [-0.25, -0.2) is 4.79 Å². The first-order valence-corrected chi connectivity index (χ1v) is 6.44. The van der Waals surface area contributed by atoms with Gasteiger partial charge in [-0.15, -0.1) is 23.2 Å². The van der Waals surface area contributed by atoms with Crippen molar-refractivity contribution in [1.82, 2.24) is 0 Å². The van der Waals surface area contributed by atoms with Gasteiger partial charge in [0.25, 0.3) is 0 Å². The van der Waals surface area contributed by atoms with Crippen LogP contribution in [0.1, 0.15) is 0 Å². The fourth-order valence-corrected chi connectivity index (χ4v) is 1.80. The lowest BCUT2D eigenvalue weighted by Crippen LogP contribution is -2.31. The van der Waals surface area contributed by atoms with Gasteiger partial charge in [-0.3, -0.25) is 4.90 Å². The number of hydrogen-bond acceptors (Lipinski definition) is 2. The molecule has 0 aromatic heterocycles. The van der Waals surface area contributed by atoms with Gasteiger partial charge in [-0.2, -0.15) is 0 Å². The average molecular weight is 317 g/mol. The van der Waals surface area contributed by atoms with Crippen molar-refractivity contribution in [1.29, 1.82) is 0 Å². The quantitative estimate of drug-likeness (QED) is 0.609. The summed E-state index contributed by atoms with van der Waals surface area (Å²) in [6, 6.07) is 4.63. The molecule has 0 saturated heterocycles. The van der Waals surface area contributed by atoms with Crippen LogP contribution < -0.4 is 4.90 Å². The summed E-state index contributed by atoms with van der Waals surface area (Å²) in [6.07, 6.45) is -0.621. The molecule has 1 aromatic rings. The number of rotatable bonds is 4. The fourth-order valence-electron chi connectivity index (χ4n) is 1.11. The highest BCUT2D eigenvalue weighted by Crippen LogP contribution is 2.29. The molecule has 94 valence electrons. The molecule has 0 fully saturated rings. The number of halogens is 4. The molecule has 1 aromatic carbocycles. The van der Waals surface area contributed by atoms with Crippen LogP contribution >= 0.6 is 46.4 Å². The minimum atomic E-state index is -0.621. The SMILES string of the molecule is O=C(OCCCl)N(CCl)c1cc(Cl)ccc1Cl. The molecule has 17 heavy (non-hydrogen) atoms. The second-order valence-corrected chi connectivity index (χ2v) is 4.41. The van der Waals surface area contributed by atoms with Crippen molar-refractivity contribution in [3.05, 3.63) is 28.2 Å². The Morgan fingerprint density at radius 2 is 2.00 bits per heavy atom. The molecular weight excluding hydrogens is 308 g/mol. The summed E-state index contributed by atoms with van der Waals surface area (Å²) < 4.78 is 4.86. The predicted molar refractivity (Wildman–Crippen MR) is 71.7 cm³/mol. The summed E-state index contributed by atoms with van der Waals surface area (Å²) in [6.45, 7) is 0.103. The van der Waals surface area contributed by atoms with Gasteiger partial charge in [0.05, 0.1) is 16.6 Å². The Morgan fingerprint density at radius 3 is 2.59 bits per heavy atom. The monoisotopic (exact) mass is 315 g/mol. The molecule has 0 radical (unpaired) electrons. The van der Waals surface area contributed by atoms with E-state index in [1.165, 1.54) is 11.0 Å². The Hall–Kier alpha value is -0.350. The molecule has 0 N–H and O–H groups in total. The number of alkyl halides is 2. The van der Waals surface area contributed by atoms with Crippen molar-refractivity contribution in [2.75, 3.05) is 23.4 Å². The van der Waals surface area contributed by atoms with Crippen molar-refractivity contribution in [3.63, 3.8) is 0 Å². The summed E-state index contributed by atoms with van der Waals surface area (Å²) in [5, 5.41) is 0.808. The van der Waals surface area contributed by atoms with Crippen LogP contribution in [0.4, 0.5) is 10.5 Å². The molecule has 0 aliphatic heterocycles. The number of amides is 1. The van der Waals surface area contributed by atoms with E-state index in [1.807, 2.05) is 0 Å². The number of ether oxygens (including phenoxy) is 1. The van der Waals surface area contributed by atoms with E-state index in [0.717, 1.165) is 0 Å². The van der Waals surface area contributed by atoms with Crippen LogP contribution in [0.3, 0.4) is 0 Å². The number of carbonyl (C=O) groups excluding carboxylic acids is 1. The summed E-state index contributed by atoms with van der Waals surface area (Å²) >= 11 is 22.9. The molecular formula is C10H9Cl4NO2. The molecule has 3 nitrogen and oxygen atoms in total. The van der Waals surface area contributed by atoms with Crippen LogP contribution in [-0.2, 0) is 4.74 Å². The Morgan fingerprint density at radius 1 is 1.29 bits per heavy atom. The van der Waals surface area contributed by atoms with Crippen LogP contribution in [0, 0.1) is 0 Å². The molecule has 0 saturated carbocycles. The topological polar surface area (TPSA) is 29.5 Å². The Bertz CT molecular complexity index is 400. The van der Waals surface area contributed by atoms with E-state index in [0.29, 0.717) is 15.7 Å². The Balaban J connectivity index is 2.92. The summed E-state index contributed by atoms with van der Waals surface area (Å²) in [4.78, 5) is 12.8. The molecule has 1 amide bonds. The standard InChI is InChI=1S/C10H9Cl4NO2/c11-3-4-17-10(16)15(6-12)9-5-7(13)1-2-8(9)14/h1-2,5H,3-4,6H2. The molecule has 0 aliphatic carbocycles. The summed E-state index contributed by atoms with van der Waals surface area (Å²) in [5.74, 6) is 0.213. The van der Waals surface area contributed by atoms with Gasteiger partial charge in [0, 0.05) is 5.02 Å². The normalized spacial score (nSPS) is 10.1. The highest BCUT2D eigenvalue weighted by molar-refractivity contribution is 6.36. The lowest BCUT2D eigenvalue weighted by Gasteiger charge is -2.20. The van der Waals surface area contributed by atoms with E-state index < -0.39 is 6.09 Å². The van der Waals surface area contributed by atoms with Crippen LogP contribution in [0.2, 0.25) is 10.0 Å². The second-order valence-electron chi connectivity index (χ2n) is 2.95. The number of benzene rings is 1. The van der Waals surface area contributed by atoms with E-state index in [2.05, 4.69) is 0 Å². The number of carbonyl (C=O) groups is 1. The molecule has 0 heterocycles. The van der Waals surface area contributed by atoms with E-state index in [4.69, 9.17) is 51.1 Å². The van der Waals surface area contributed by atoms with Crippen molar-refractivity contribution >= 4 is 58.2 Å². The van der Waals surface area contributed by atoms with E-state index in [1.54, 1.807) is 12.1 Å². The number of nitrogens with zero attached hydrogens (tertiary/aromatic N) is 1. The van der Waals surface area contributed by atoms with E-state index >= 15 is 0 Å². The molecule has 0 spiro atoms. The van der Waals surface area contributed by atoms with Gasteiger partial charge in [-0.1, -0.05) is 23.2 Å². The molecule has 0 unspecified atom stereocenters. The van der Waals surface area contributed by atoms with E-state index in [9.17, 15) is 4.79 Å². The second kappa shape index (κ2) is 7.17. The number of hydrogen-bond donors (Lipinski definition) is 0. The third kappa shape index (κ3) is 4.11. The van der Waals surface area contributed by atoms with Crippen LogP contribution in [0.5, 0.6) is 0 Å². The van der Waals surface area contributed by atoms with Gasteiger partial charge >= 0.3 is 6.09 Å². The maximum absolute atomic E-state index is 11.7. The van der Waals surface area contributed by atoms with Gasteiger partial charge in [0.2, 0.25) is 0 Å². The average Bonchev–Trinajstić information content (AvgIpc) is 2.32.